The molecule has 2 aliphatic rings. The largest absolute Gasteiger partial charge is 0.354 e. The maximum atomic E-state index is 5.47. The number of hydrogen-bond acceptors (Lipinski definition) is 2. The Hall–Kier alpha value is -6.52. The van der Waals surface area contributed by atoms with Gasteiger partial charge in [-0.05, 0) is 83.7 Å². The van der Waals surface area contributed by atoms with Crippen LogP contribution in [-0.4, -0.2) is 19.5 Å². The van der Waals surface area contributed by atoms with E-state index in [2.05, 4.69) is 188 Å². The summed E-state index contributed by atoms with van der Waals surface area (Å²) in [6.45, 7) is 4.48. The molecule has 0 saturated carbocycles. The number of aromatic nitrogens is 4. The number of aromatic amines is 1. The van der Waals surface area contributed by atoms with Gasteiger partial charge >= 0.3 is 0 Å². The molecule has 5 heterocycles. The third-order valence-corrected chi connectivity index (χ3v) is 10.2. The van der Waals surface area contributed by atoms with Crippen LogP contribution in [0.25, 0.3) is 90.9 Å². The van der Waals surface area contributed by atoms with Crippen LogP contribution in [0.4, 0.5) is 0 Å². The zero-order valence-electron chi connectivity index (χ0n) is 28.9. The van der Waals surface area contributed by atoms with Crippen LogP contribution in [0.1, 0.15) is 33.9 Å². The normalized spacial score (nSPS) is 12.1. The Balaban J connectivity index is 1.55. The fourth-order valence-electron chi connectivity index (χ4n) is 7.76. The Morgan fingerprint density at radius 1 is 0.392 bits per heavy atom. The van der Waals surface area contributed by atoms with E-state index in [-0.39, 0.29) is 0 Å². The summed E-state index contributed by atoms with van der Waals surface area (Å²) in [5, 5.41) is 0. The number of hydrogen-bond donors (Lipinski definition) is 1. The summed E-state index contributed by atoms with van der Waals surface area (Å²) >= 11 is 0. The van der Waals surface area contributed by atoms with Gasteiger partial charge in [0.05, 0.1) is 33.8 Å². The van der Waals surface area contributed by atoms with Crippen LogP contribution in [0, 0.1) is 13.8 Å². The smallest absolute Gasteiger partial charge is 0.0737 e. The standard InChI is InChI=1S/C47H36N4/c1-30-31(2)47-45(35-22-14-7-15-23-35)41-29-27-39(50-41)43(33-18-10-5-11-19-33)37-25-24-36(48-37)42(32-16-8-4-9-17-32)38-26-28-40(49-38)44(46(30)51(47)3)34-20-12-6-13-21-34/h4-29,48H,1-3H3. The highest BCUT2D eigenvalue weighted by atomic mass is 15.0. The molecule has 1 N–H and O–H groups in total. The van der Waals surface area contributed by atoms with Crippen molar-refractivity contribution in [2.24, 2.45) is 7.05 Å². The molecule has 8 bridgehead atoms. The lowest BCUT2D eigenvalue weighted by Gasteiger charge is -2.11. The number of benzene rings is 4. The first-order valence-corrected chi connectivity index (χ1v) is 17.4. The molecule has 2 aliphatic heterocycles. The van der Waals surface area contributed by atoms with E-state index in [0.29, 0.717) is 0 Å². The van der Waals surface area contributed by atoms with Crippen LogP contribution < -0.4 is 0 Å². The zero-order valence-corrected chi connectivity index (χ0v) is 28.9. The molecule has 0 radical (unpaired) electrons. The summed E-state index contributed by atoms with van der Waals surface area (Å²) in [6.07, 6.45) is 8.69. The van der Waals surface area contributed by atoms with Gasteiger partial charge in [0.25, 0.3) is 0 Å². The molecule has 3 aromatic heterocycles. The van der Waals surface area contributed by atoms with E-state index in [0.717, 1.165) is 89.4 Å². The van der Waals surface area contributed by atoms with E-state index in [1.165, 1.54) is 11.1 Å². The quantitative estimate of drug-likeness (QED) is 0.205. The predicted molar refractivity (Wildman–Crippen MR) is 215 cm³/mol. The van der Waals surface area contributed by atoms with Crippen molar-refractivity contribution in [2.45, 2.75) is 13.8 Å². The second-order valence-corrected chi connectivity index (χ2v) is 13.2. The van der Waals surface area contributed by atoms with Crippen molar-refractivity contribution in [3.05, 3.63) is 167 Å². The molecule has 4 aromatic carbocycles. The molecule has 0 saturated heterocycles. The van der Waals surface area contributed by atoms with E-state index in [4.69, 9.17) is 9.97 Å². The molecule has 7 aromatic rings. The monoisotopic (exact) mass is 656 g/mol. The van der Waals surface area contributed by atoms with Gasteiger partial charge in [0.2, 0.25) is 0 Å². The van der Waals surface area contributed by atoms with E-state index in [9.17, 15) is 0 Å². The SMILES string of the molecule is Cc1c(C)c2c(-c3ccccc3)c3nc(c(-c4ccccc4)c4ccc([nH]4)c(-c4ccccc4)c4nc(c(-c5ccccc5)c1n2C)C=C4)C=C3. The third-order valence-electron chi connectivity index (χ3n) is 10.2. The van der Waals surface area contributed by atoms with Gasteiger partial charge in [0.1, 0.15) is 0 Å². The van der Waals surface area contributed by atoms with Gasteiger partial charge in [-0.1, -0.05) is 121 Å². The fourth-order valence-corrected chi connectivity index (χ4v) is 7.76. The van der Waals surface area contributed by atoms with Crippen LogP contribution in [0.3, 0.4) is 0 Å². The maximum absolute atomic E-state index is 5.47. The van der Waals surface area contributed by atoms with Crippen molar-refractivity contribution in [1.82, 2.24) is 19.5 Å². The molecular weight excluding hydrogens is 621 g/mol. The number of aryl methyl sites for hydroxylation is 3. The van der Waals surface area contributed by atoms with Crippen molar-refractivity contribution >= 4 is 46.4 Å². The summed E-state index contributed by atoms with van der Waals surface area (Å²) in [5.74, 6) is 0. The van der Waals surface area contributed by atoms with Gasteiger partial charge in [-0.2, -0.15) is 0 Å². The molecule has 4 nitrogen and oxygen atoms in total. The second-order valence-electron chi connectivity index (χ2n) is 13.2. The predicted octanol–water partition coefficient (Wildman–Crippen LogP) is 12.0. The molecule has 0 aliphatic carbocycles. The lowest BCUT2D eigenvalue weighted by atomic mass is 10.00. The van der Waals surface area contributed by atoms with Crippen LogP contribution >= 0.6 is 0 Å². The van der Waals surface area contributed by atoms with Crippen molar-refractivity contribution < 1.29 is 0 Å². The maximum Gasteiger partial charge on any atom is 0.0737 e. The molecular formula is C47H36N4. The molecule has 0 atom stereocenters. The van der Waals surface area contributed by atoms with Gasteiger partial charge in [-0.3, -0.25) is 0 Å². The summed E-state index contributed by atoms with van der Waals surface area (Å²) in [7, 11) is 2.19. The highest BCUT2D eigenvalue weighted by molar-refractivity contribution is 6.01. The zero-order chi connectivity index (χ0) is 34.5. The molecule has 9 rings (SSSR count). The van der Waals surface area contributed by atoms with Gasteiger partial charge in [-0.25, -0.2) is 9.97 Å². The van der Waals surface area contributed by atoms with Crippen molar-refractivity contribution in [2.75, 3.05) is 0 Å². The van der Waals surface area contributed by atoms with Crippen molar-refractivity contribution in [3.63, 3.8) is 0 Å². The average Bonchev–Trinajstić information content (AvgIpc) is 3.99. The second kappa shape index (κ2) is 12.4. The van der Waals surface area contributed by atoms with Crippen LogP contribution in [0.2, 0.25) is 0 Å². The van der Waals surface area contributed by atoms with Gasteiger partial charge in [-0.15, -0.1) is 0 Å². The van der Waals surface area contributed by atoms with Crippen LogP contribution in [-0.2, 0) is 7.05 Å². The van der Waals surface area contributed by atoms with E-state index in [1.807, 2.05) is 0 Å². The Morgan fingerprint density at radius 3 is 1.02 bits per heavy atom. The highest BCUT2D eigenvalue weighted by Gasteiger charge is 2.22. The first kappa shape index (κ1) is 30.5. The molecule has 0 unspecified atom stereocenters. The minimum absolute atomic E-state index is 0.917. The number of rotatable bonds is 4. The van der Waals surface area contributed by atoms with Crippen LogP contribution in [0.5, 0.6) is 0 Å². The Labute approximate surface area is 297 Å². The summed E-state index contributed by atoms with van der Waals surface area (Å²) in [6, 6.07) is 46.8. The summed E-state index contributed by atoms with van der Waals surface area (Å²) in [5.41, 5.74) is 19.2. The van der Waals surface area contributed by atoms with Gasteiger partial charge in [0.15, 0.2) is 0 Å². The van der Waals surface area contributed by atoms with Crippen LogP contribution in [0.15, 0.2) is 133 Å². The van der Waals surface area contributed by atoms with Crippen molar-refractivity contribution in [1.29, 1.82) is 0 Å². The molecule has 0 amide bonds. The number of H-pyrrole nitrogens is 1. The number of fused-ring (bicyclic) bond motifs is 8. The van der Waals surface area contributed by atoms with Gasteiger partial charge < -0.3 is 9.55 Å². The third kappa shape index (κ3) is 5.15. The van der Waals surface area contributed by atoms with E-state index >= 15 is 0 Å². The lowest BCUT2D eigenvalue weighted by Crippen LogP contribution is -1.96. The highest BCUT2D eigenvalue weighted by Crippen LogP contribution is 2.41. The van der Waals surface area contributed by atoms with E-state index in [1.54, 1.807) is 0 Å². The summed E-state index contributed by atoms with van der Waals surface area (Å²) < 4.78 is 2.36. The Kier molecular flexibility index (Phi) is 7.44. The Bertz CT molecular complexity index is 2500. The number of nitrogens with zero attached hydrogens (tertiary/aromatic N) is 3. The van der Waals surface area contributed by atoms with Gasteiger partial charge in [0, 0.05) is 40.3 Å². The minimum atomic E-state index is 0.917. The molecule has 244 valence electrons. The molecule has 0 fully saturated rings. The van der Waals surface area contributed by atoms with E-state index < -0.39 is 0 Å². The average molecular weight is 657 g/mol. The lowest BCUT2D eigenvalue weighted by molar-refractivity contribution is 1.01. The summed E-state index contributed by atoms with van der Waals surface area (Å²) in [4.78, 5) is 14.8. The first-order valence-electron chi connectivity index (χ1n) is 17.4. The first-order chi connectivity index (χ1) is 25.1. The molecule has 0 spiro atoms. The number of nitrogens with one attached hydrogen (secondary N) is 1. The molecule has 51 heavy (non-hydrogen) atoms. The topological polar surface area (TPSA) is 46.5 Å². The Morgan fingerprint density at radius 2 is 0.686 bits per heavy atom. The minimum Gasteiger partial charge on any atom is -0.354 e. The molecule has 4 heteroatoms. The fraction of sp³-hybridized carbons (Fsp3) is 0.0638. The van der Waals surface area contributed by atoms with Crippen molar-refractivity contribution in [3.8, 4) is 44.5 Å².